The number of rotatable bonds is 5. The Morgan fingerprint density at radius 3 is 1.62 bits per heavy atom. The van der Waals surface area contributed by atoms with Gasteiger partial charge in [0.1, 0.15) is 0 Å². The zero-order chi connectivity index (χ0) is 17.8. The molecule has 0 atom stereocenters. The summed E-state index contributed by atoms with van der Waals surface area (Å²) in [5.41, 5.74) is 3.89. The normalized spacial score (nSPS) is 10.8. The van der Waals surface area contributed by atoms with Gasteiger partial charge in [0, 0.05) is 28.6 Å². The summed E-state index contributed by atoms with van der Waals surface area (Å²) in [5, 5.41) is 2.52. The van der Waals surface area contributed by atoms with Crippen LogP contribution in [0.15, 0.2) is 102 Å². The summed E-state index contributed by atoms with van der Waals surface area (Å²) in [6.45, 7) is 1.75. The lowest BCUT2D eigenvalue weighted by atomic mass is 10.1. The van der Waals surface area contributed by atoms with E-state index in [9.17, 15) is 0 Å². The van der Waals surface area contributed by atoms with Crippen molar-refractivity contribution in [3.05, 3.63) is 113 Å². The number of hydrogen-bond donors (Lipinski definition) is 0. The molecule has 0 N–H and O–H groups in total. The number of hydrogen-bond acceptors (Lipinski definition) is 1. The predicted octanol–water partition coefficient (Wildman–Crippen LogP) is 6.81. The van der Waals surface area contributed by atoms with Crippen molar-refractivity contribution in [3.8, 4) is 0 Å². The number of anilines is 1. The van der Waals surface area contributed by atoms with E-state index in [1.54, 1.807) is 0 Å². The second-order valence-electron chi connectivity index (χ2n) is 6.44. The van der Waals surface area contributed by atoms with Crippen LogP contribution < -0.4 is 4.90 Å². The Kier molecular flexibility index (Phi) is 5.03. The van der Waals surface area contributed by atoms with Gasteiger partial charge in [-0.15, -0.1) is 0 Å². The van der Waals surface area contributed by atoms with E-state index in [0.29, 0.717) is 0 Å². The lowest BCUT2D eigenvalue weighted by Gasteiger charge is -2.27. The fourth-order valence-electron chi connectivity index (χ4n) is 3.36. The predicted molar refractivity (Wildman–Crippen MR) is 114 cm³/mol. The van der Waals surface area contributed by atoms with Crippen LogP contribution in [0.3, 0.4) is 0 Å². The van der Waals surface area contributed by atoms with Crippen molar-refractivity contribution in [2.45, 2.75) is 13.1 Å². The van der Waals surface area contributed by atoms with E-state index >= 15 is 0 Å². The van der Waals surface area contributed by atoms with Gasteiger partial charge in [-0.05, 0) is 28.6 Å². The van der Waals surface area contributed by atoms with Gasteiger partial charge in [0.05, 0.1) is 0 Å². The van der Waals surface area contributed by atoms with Gasteiger partial charge in [-0.2, -0.15) is 0 Å². The van der Waals surface area contributed by atoms with Crippen LogP contribution in [0.2, 0.25) is 0 Å². The third kappa shape index (κ3) is 3.66. The molecule has 0 saturated heterocycles. The number of fused-ring (bicyclic) bond motifs is 1. The van der Waals surface area contributed by atoms with E-state index in [1.165, 1.54) is 27.6 Å². The summed E-state index contributed by atoms with van der Waals surface area (Å²) in [6, 6.07) is 34.3. The first kappa shape index (κ1) is 16.9. The zero-order valence-corrected chi connectivity index (χ0v) is 16.1. The minimum Gasteiger partial charge on any atom is -0.362 e. The molecule has 0 spiro atoms. The van der Waals surface area contributed by atoms with Crippen molar-refractivity contribution in [3.63, 3.8) is 0 Å². The van der Waals surface area contributed by atoms with E-state index in [1.807, 2.05) is 0 Å². The first-order valence-corrected chi connectivity index (χ1v) is 9.60. The van der Waals surface area contributed by atoms with Gasteiger partial charge in [0.25, 0.3) is 0 Å². The quantitative estimate of drug-likeness (QED) is 0.355. The highest BCUT2D eigenvalue weighted by molar-refractivity contribution is 9.10. The molecule has 0 fully saturated rings. The third-order valence-electron chi connectivity index (χ3n) is 4.62. The van der Waals surface area contributed by atoms with E-state index < -0.39 is 0 Å². The number of benzene rings is 4. The van der Waals surface area contributed by atoms with Crippen LogP contribution in [0.25, 0.3) is 10.8 Å². The van der Waals surface area contributed by atoms with Crippen molar-refractivity contribution < 1.29 is 0 Å². The number of halogens is 1. The summed E-state index contributed by atoms with van der Waals surface area (Å²) in [6.07, 6.45) is 0. The second-order valence-corrected chi connectivity index (χ2v) is 7.29. The largest absolute Gasteiger partial charge is 0.362 e. The minimum absolute atomic E-state index is 0.876. The monoisotopic (exact) mass is 401 g/mol. The molecule has 0 unspecified atom stereocenters. The Morgan fingerprint density at radius 2 is 1.04 bits per heavy atom. The smallest absolute Gasteiger partial charge is 0.0452 e. The lowest BCUT2D eigenvalue weighted by molar-refractivity contribution is 0.803. The minimum atomic E-state index is 0.876. The van der Waals surface area contributed by atoms with E-state index in [0.717, 1.165) is 17.6 Å². The molecule has 26 heavy (non-hydrogen) atoms. The highest BCUT2D eigenvalue weighted by Gasteiger charge is 2.13. The van der Waals surface area contributed by atoms with Gasteiger partial charge < -0.3 is 4.90 Å². The maximum Gasteiger partial charge on any atom is 0.0452 e. The maximum atomic E-state index is 3.70. The molecule has 4 aromatic rings. The molecule has 4 rings (SSSR count). The van der Waals surface area contributed by atoms with E-state index in [-0.39, 0.29) is 0 Å². The average Bonchev–Trinajstić information content (AvgIpc) is 2.70. The van der Waals surface area contributed by atoms with Crippen LogP contribution in [0, 0.1) is 0 Å². The SMILES string of the molecule is Brc1ccc(N(Cc2ccccc2)Cc2ccccc2)c2ccccc12. The van der Waals surface area contributed by atoms with Crippen LogP contribution in [-0.2, 0) is 13.1 Å². The summed E-state index contributed by atoms with van der Waals surface area (Å²) < 4.78 is 1.14. The van der Waals surface area contributed by atoms with Crippen LogP contribution in [0.4, 0.5) is 5.69 Å². The van der Waals surface area contributed by atoms with Crippen molar-refractivity contribution >= 4 is 32.4 Å². The van der Waals surface area contributed by atoms with Crippen molar-refractivity contribution in [2.75, 3.05) is 4.90 Å². The molecular formula is C24H20BrN. The lowest BCUT2D eigenvalue weighted by Crippen LogP contribution is -2.22. The molecule has 2 heteroatoms. The summed E-state index contributed by atoms with van der Waals surface area (Å²) in [4.78, 5) is 2.46. The van der Waals surface area contributed by atoms with Gasteiger partial charge in [0.2, 0.25) is 0 Å². The molecule has 0 heterocycles. The summed E-state index contributed by atoms with van der Waals surface area (Å²) in [5.74, 6) is 0. The first-order valence-electron chi connectivity index (χ1n) is 8.81. The standard InChI is InChI=1S/C24H20BrN/c25-23-15-16-24(22-14-8-7-13-21(22)23)26(17-19-9-3-1-4-10-19)18-20-11-5-2-6-12-20/h1-16H,17-18H2. The average molecular weight is 402 g/mol. The molecule has 0 bridgehead atoms. The number of nitrogens with zero attached hydrogens (tertiary/aromatic N) is 1. The van der Waals surface area contributed by atoms with Crippen LogP contribution in [0.5, 0.6) is 0 Å². The second kappa shape index (κ2) is 7.76. The van der Waals surface area contributed by atoms with Crippen LogP contribution >= 0.6 is 15.9 Å². The molecule has 4 aromatic carbocycles. The Morgan fingerprint density at radius 1 is 0.538 bits per heavy atom. The highest BCUT2D eigenvalue weighted by Crippen LogP contribution is 2.33. The molecule has 0 aliphatic carbocycles. The fraction of sp³-hybridized carbons (Fsp3) is 0.0833. The Labute approximate surface area is 163 Å². The Hall–Kier alpha value is -2.58. The maximum absolute atomic E-state index is 3.70. The summed E-state index contributed by atoms with van der Waals surface area (Å²) >= 11 is 3.70. The van der Waals surface area contributed by atoms with Crippen molar-refractivity contribution in [1.29, 1.82) is 0 Å². The molecule has 0 aromatic heterocycles. The van der Waals surface area contributed by atoms with Crippen molar-refractivity contribution in [2.24, 2.45) is 0 Å². The van der Waals surface area contributed by atoms with Crippen molar-refractivity contribution in [1.82, 2.24) is 0 Å². The molecule has 0 radical (unpaired) electrons. The Balaban J connectivity index is 1.79. The van der Waals surface area contributed by atoms with E-state index in [4.69, 9.17) is 0 Å². The third-order valence-corrected chi connectivity index (χ3v) is 5.31. The molecule has 0 aliphatic rings. The van der Waals surface area contributed by atoms with Gasteiger partial charge in [-0.25, -0.2) is 0 Å². The van der Waals surface area contributed by atoms with Gasteiger partial charge >= 0.3 is 0 Å². The fourth-order valence-corrected chi connectivity index (χ4v) is 3.83. The molecule has 0 amide bonds. The van der Waals surface area contributed by atoms with Gasteiger partial charge in [0.15, 0.2) is 0 Å². The van der Waals surface area contributed by atoms with Gasteiger partial charge in [-0.3, -0.25) is 0 Å². The molecular weight excluding hydrogens is 382 g/mol. The molecule has 0 saturated carbocycles. The van der Waals surface area contributed by atoms with Crippen LogP contribution in [-0.4, -0.2) is 0 Å². The Bertz CT molecular complexity index is 955. The molecule has 1 nitrogen and oxygen atoms in total. The molecule has 0 aliphatic heterocycles. The highest BCUT2D eigenvalue weighted by atomic mass is 79.9. The molecule has 128 valence electrons. The first-order chi connectivity index (χ1) is 12.8. The summed E-state index contributed by atoms with van der Waals surface area (Å²) in [7, 11) is 0. The van der Waals surface area contributed by atoms with Crippen LogP contribution in [0.1, 0.15) is 11.1 Å². The van der Waals surface area contributed by atoms with E-state index in [2.05, 4.69) is 118 Å². The van der Waals surface area contributed by atoms with Gasteiger partial charge in [-0.1, -0.05) is 101 Å². The topological polar surface area (TPSA) is 3.24 Å². The zero-order valence-electron chi connectivity index (χ0n) is 14.5.